The lowest BCUT2D eigenvalue weighted by Gasteiger charge is -2.21. The minimum absolute atomic E-state index is 0.164. The maximum Gasteiger partial charge on any atom is 0.309 e. The van der Waals surface area contributed by atoms with Crippen LogP contribution in [0.2, 0.25) is 0 Å². The summed E-state index contributed by atoms with van der Waals surface area (Å²) >= 11 is 0. The minimum Gasteiger partial charge on any atom is -0.469 e. The number of ether oxygens (including phenoxy) is 1. The van der Waals surface area contributed by atoms with Crippen molar-refractivity contribution in [2.45, 2.75) is 46.5 Å². The zero-order chi connectivity index (χ0) is 11.8. The Morgan fingerprint density at radius 3 is 1.93 bits per heavy atom. The molecular formula is C12H22O3. The Bertz CT molecular complexity index is 211. The highest BCUT2D eigenvalue weighted by Gasteiger charge is 2.30. The molecule has 0 aliphatic heterocycles. The van der Waals surface area contributed by atoms with Gasteiger partial charge in [-0.15, -0.1) is 0 Å². The first-order valence-electron chi connectivity index (χ1n) is 5.72. The number of hydrogen-bond acceptors (Lipinski definition) is 3. The molecule has 0 amide bonds. The third-order valence-corrected chi connectivity index (χ3v) is 2.78. The molecule has 88 valence electrons. The first kappa shape index (κ1) is 14.1. The molecule has 15 heavy (non-hydrogen) atoms. The number of carbonyl (C=O) groups excluding carboxylic acids is 2. The fourth-order valence-electron chi connectivity index (χ4n) is 1.94. The maximum absolute atomic E-state index is 11.8. The van der Waals surface area contributed by atoms with Crippen molar-refractivity contribution < 1.29 is 14.3 Å². The van der Waals surface area contributed by atoms with E-state index in [9.17, 15) is 9.59 Å². The highest BCUT2D eigenvalue weighted by atomic mass is 16.5. The normalized spacial score (nSPS) is 14.4. The van der Waals surface area contributed by atoms with Crippen molar-refractivity contribution in [3.8, 4) is 0 Å². The molecule has 0 aliphatic carbocycles. The number of esters is 1. The van der Waals surface area contributed by atoms with E-state index in [0.29, 0.717) is 19.3 Å². The molecule has 0 spiro atoms. The maximum atomic E-state index is 11.8. The number of ketones is 1. The molecule has 0 heterocycles. The largest absolute Gasteiger partial charge is 0.469 e. The molecule has 2 unspecified atom stereocenters. The Hall–Kier alpha value is -0.860. The molecule has 0 radical (unpaired) electrons. The topological polar surface area (TPSA) is 43.4 Å². The summed E-state index contributed by atoms with van der Waals surface area (Å²) in [6.07, 6.45) is 2.78. The van der Waals surface area contributed by atoms with Crippen LogP contribution in [0.25, 0.3) is 0 Å². The average molecular weight is 214 g/mol. The van der Waals surface area contributed by atoms with E-state index >= 15 is 0 Å². The molecule has 0 saturated carbocycles. The third kappa shape index (κ3) is 4.02. The zero-order valence-electron chi connectivity index (χ0n) is 10.2. The number of rotatable bonds is 7. The second-order valence-electron chi connectivity index (χ2n) is 3.77. The van der Waals surface area contributed by atoms with Crippen LogP contribution >= 0.6 is 0 Å². The summed E-state index contributed by atoms with van der Waals surface area (Å²) in [7, 11) is 1.38. The van der Waals surface area contributed by atoms with Crippen LogP contribution in [0.3, 0.4) is 0 Å². The van der Waals surface area contributed by atoms with Crippen LogP contribution in [-0.2, 0) is 14.3 Å². The second kappa shape index (κ2) is 7.43. The van der Waals surface area contributed by atoms with Gasteiger partial charge in [0, 0.05) is 12.3 Å². The molecule has 3 heteroatoms. The van der Waals surface area contributed by atoms with Gasteiger partial charge in [-0.1, -0.05) is 20.8 Å². The van der Waals surface area contributed by atoms with Gasteiger partial charge in [0.05, 0.1) is 13.0 Å². The monoisotopic (exact) mass is 214 g/mol. The lowest BCUT2D eigenvalue weighted by atomic mass is 9.83. The SMILES string of the molecule is CCCC(=O)C(CC)C(CC)C(=O)OC. The van der Waals surface area contributed by atoms with Crippen molar-refractivity contribution in [2.75, 3.05) is 7.11 Å². The lowest BCUT2D eigenvalue weighted by molar-refractivity contribution is -0.150. The summed E-state index contributed by atoms with van der Waals surface area (Å²) in [5.41, 5.74) is 0. The van der Waals surface area contributed by atoms with Crippen LogP contribution in [-0.4, -0.2) is 18.9 Å². The first-order chi connectivity index (χ1) is 7.12. The van der Waals surface area contributed by atoms with Gasteiger partial charge < -0.3 is 4.74 Å². The van der Waals surface area contributed by atoms with E-state index in [1.54, 1.807) is 0 Å². The van der Waals surface area contributed by atoms with Gasteiger partial charge in [-0.2, -0.15) is 0 Å². The molecule has 0 fully saturated rings. The number of methoxy groups -OCH3 is 1. The second-order valence-corrected chi connectivity index (χ2v) is 3.77. The van der Waals surface area contributed by atoms with Crippen molar-refractivity contribution in [3.63, 3.8) is 0 Å². The van der Waals surface area contributed by atoms with Gasteiger partial charge >= 0.3 is 5.97 Å². The fourth-order valence-corrected chi connectivity index (χ4v) is 1.94. The Labute approximate surface area is 92.2 Å². The van der Waals surface area contributed by atoms with E-state index in [0.717, 1.165) is 6.42 Å². The van der Waals surface area contributed by atoms with E-state index in [1.165, 1.54) is 7.11 Å². The standard InChI is InChI=1S/C12H22O3/c1-5-8-11(13)9(6-2)10(7-3)12(14)15-4/h9-10H,5-8H2,1-4H3. The van der Waals surface area contributed by atoms with Crippen molar-refractivity contribution >= 4 is 11.8 Å². The Balaban J connectivity index is 4.60. The van der Waals surface area contributed by atoms with Crippen LogP contribution in [0, 0.1) is 11.8 Å². The average Bonchev–Trinajstić information content (AvgIpc) is 2.24. The van der Waals surface area contributed by atoms with E-state index in [2.05, 4.69) is 0 Å². The molecule has 0 saturated heterocycles. The molecular weight excluding hydrogens is 192 g/mol. The van der Waals surface area contributed by atoms with Crippen LogP contribution in [0.4, 0.5) is 0 Å². The highest BCUT2D eigenvalue weighted by molar-refractivity contribution is 5.86. The summed E-state index contributed by atoms with van der Waals surface area (Å²) in [6.45, 7) is 5.84. The fraction of sp³-hybridized carbons (Fsp3) is 0.833. The van der Waals surface area contributed by atoms with Gasteiger partial charge in [-0.25, -0.2) is 0 Å². The van der Waals surface area contributed by atoms with Gasteiger partial charge in [0.1, 0.15) is 5.78 Å². The molecule has 3 nitrogen and oxygen atoms in total. The summed E-state index contributed by atoms with van der Waals surface area (Å²) < 4.78 is 4.72. The molecule has 0 rings (SSSR count). The summed E-state index contributed by atoms with van der Waals surface area (Å²) in [5, 5.41) is 0. The number of hydrogen-bond donors (Lipinski definition) is 0. The predicted molar refractivity (Wildman–Crippen MR) is 59.5 cm³/mol. The predicted octanol–water partition coefficient (Wildman–Crippen LogP) is 2.58. The summed E-state index contributed by atoms with van der Waals surface area (Å²) in [6, 6.07) is 0. The molecule has 0 aromatic rings. The Morgan fingerprint density at radius 1 is 1.07 bits per heavy atom. The van der Waals surface area contributed by atoms with Gasteiger partial charge in [-0.05, 0) is 19.3 Å². The zero-order valence-corrected chi connectivity index (χ0v) is 10.2. The highest BCUT2D eigenvalue weighted by Crippen LogP contribution is 2.23. The van der Waals surface area contributed by atoms with Crippen molar-refractivity contribution in [1.82, 2.24) is 0 Å². The van der Waals surface area contributed by atoms with E-state index in [1.807, 2.05) is 20.8 Å². The van der Waals surface area contributed by atoms with Crippen LogP contribution in [0.5, 0.6) is 0 Å². The molecule has 0 aromatic carbocycles. The molecule has 2 atom stereocenters. The first-order valence-corrected chi connectivity index (χ1v) is 5.72. The van der Waals surface area contributed by atoms with Gasteiger partial charge in [0.15, 0.2) is 0 Å². The van der Waals surface area contributed by atoms with Gasteiger partial charge in [0.25, 0.3) is 0 Å². The smallest absolute Gasteiger partial charge is 0.309 e. The molecule has 0 N–H and O–H groups in total. The van der Waals surface area contributed by atoms with Crippen LogP contribution in [0.1, 0.15) is 46.5 Å². The van der Waals surface area contributed by atoms with Crippen molar-refractivity contribution in [2.24, 2.45) is 11.8 Å². The minimum atomic E-state index is -0.265. The molecule has 0 aliphatic rings. The molecule has 0 bridgehead atoms. The van der Waals surface area contributed by atoms with E-state index < -0.39 is 0 Å². The van der Waals surface area contributed by atoms with Crippen molar-refractivity contribution in [3.05, 3.63) is 0 Å². The number of carbonyl (C=O) groups is 2. The van der Waals surface area contributed by atoms with Crippen molar-refractivity contribution in [1.29, 1.82) is 0 Å². The number of Topliss-reactive ketones (excluding diaryl/α,β-unsaturated/α-hetero) is 1. The van der Waals surface area contributed by atoms with E-state index in [-0.39, 0.29) is 23.6 Å². The molecule has 0 aromatic heterocycles. The Morgan fingerprint density at radius 2 is 1.60 bits per heavy atom. The van der Waals surface area contributed by atoms with Gasteiger partial charge in [-0.3, -0.25) is 9.59 Å². The quantitative estimate of drug-likeness (QED) is 0.612. The Kier molecular flexibility index (Phi) is 7.01. The van der Waals surface area contributed by atoms with Crippen LogP contribution in [0.15, 0.2) is 0 Å². The third-order valence-electron chi connectivity index (χ3n) is 2.78. The van der Waals surface area contributed by atoms with E-state index in [4.69, 9.17) is 4.74 Å². The van der Waals surface area contributed by atoms with Crippen LogP contribution < -0.4 is 0 Å². The summed E-state index contributed by atoms with van der Waals surface area (Å²) in [4.78, 5) is 23.3. The lowest BCUT2D eigenvalue weighted by Crippen LogP contribution is -2.30. The van der Waals surface area contributed by atoms with Gasteiger partial charge in [0.2, 0.25) is 0 Å². The summed E-state index contributed by atoms with van der Waals surface area (Å²) in [5.74, 6) is -0.493.